The molecule has 7 heteroatoms. The molecular formula is C23H22FIN2O3. The van der Waals surface area contributed by atoms with Crippen molar-refractivity contribution in [1.82, 2.24) is 9.88 Å². The number of benzene rings is 2. The minimum Gasteiger partial charge on any atom is -0.480 e. The van der Waals surface area contributed by atoms with Crippen molar-refractivity contribution in [2.75, 3.05) is 0 Å². The lowest BCUT2D eigenvalue weighted by atomic mass is 9.91. The van der Waals surface area contributed by atoms with Gasteiger partial charge >= 0.3 is 5.97 Å². The van der Waals surface area contributed by atoms with Crippen molar-refractivity contribution in [2.45, 2.75) is 44.7 Å². The third-order valence-corrected chi connectivity index (χ3v) is 6.36. The van der Waals surface area contributed by atoms with Gasteiger partial charge in [-0.3, -0.25) is 9.59 Å². The zero-order valence-electron chi connectivity index (χ0n) is 16.3. The highest BCUT2D eigenvalue weighted by Gasteiger charge is 2.27. The SMILES string of the molecule is O=C(O)Cn1c2c(c3cc(F)ccc31)CC(NC(=O)CCc1ccc(I)cc1)CC2. The molecule has 1 unspecified atom stereocenters. The van der Waals surface area contributed by atoms with Gasteiger partial charge in [-0.15, -0.1) is 0 Å². The van der Waals surface area contributed by atoms with Crippen LogP contribution < -0.4 is 5.32 Å². The van der Waals surface area contributed by atoms with E-state index >= 15 is 0 Å². The fraction of sp³-hybridized carbons (Fsp3) is 0.304. The molecule has 1 amide bonds. The molecule has 0 fully saturated rings. The summed E-state index contributed by atoms with van der Waals surface area (Å²) in [5, 5.41) is 13.1. The maximum atomic E-state index is 13.9. The smallest absolute Gasteiger partial charge is 0.323 e. The summed E-state index contributed by atoms with van der Waals surface area (Å²) in [6, 6.07) is 12.6. The van der Waals surface area contributed by atoms with E-state index in [0.29, 0.717) is 25.7 Å². The molecule has 2 aromatic carbocycles. The number of hydrogen-bond donors (Lipinski definition) is 2. The van der Waals surface area contributed by atoms with E-state index in [-0.39, 0.29) is 24.3 Å². The Labute approximate surface area is 187 Å². The first-order valence-corrected chi connectivity index (χ1v) is 11.0. The predicted octanol–water partition coefficient (Wildman–Crippen LogP) is 4.08. The number of fused-ring (bicyclic) bond motifs is 3. The summed E-state index contributed by atoms with van der Waals surface area (Å²) in [5.41, 5.74) is 3.74. The number of nitrogens with zero attached hydrogens (tertiary/aromatic N) is 1. The quantitative estimate of drug-likeness (QED) is 0.482. The Kier molecular flexibility index (Phi) is 6.08. The first-order chi connectivity index (χ1) is 14.4. The molecule has 30 heavy (non-hydrogen) atoms. The van der Waals surface area contributed by atoms with Crippen LogP contribution in [0.4, 0.5) is 4.39 Å². The molecule has 0 spiro atoms. The molecule has 0 saturated carbocycles. The van der Waals surface area contributed by atoms with Gasteiger partial charge in [0.25, 0.3) is 0 Å². The Morgan fingerprint density at radius 3 is 2.70 bits per heavy atom. The second kappa shape index (κ2) is 8.75. The van der Waals surface area contributed by atoms with E-state index in [1.807, 2.05) is 24.3 Å². The number of carbonyl (C=O) groups is 2. The molecule has 1 aromatic heterocycles. The number of rotatable bonds is 6. The van der Waals surface area contributed by atoms with Crippen LogP contribution in [0.15, 0.2) is 42.5 Å². The standard InChI is InChI=1S/C23H22FIN2O3/c24-15-4-8-20-18(11-15)19-12-17(7-9-21(19)27(20)13-23(29)30)26-22(28)10-3-14-1-5-16(25)6-2-14/h1-2,4-6,8,11,17H,3,7,9-10,12-13H2,(H,26,28)(H,29,30). The summed E-state index contributed by atoms with van der Waals surface area (Å²) in [5.74, 6) is -1.27. The van der Waals surface area contributed by atoms with Gasteiger partial charge in [0.05, 0.1) is 0 Å². The van der Waals surface area contributed by atoms with Crippen molar-refractivity contribution >= 4 is 45.4 Å². The van der Waals surface area contributed by atoms with E-state index in [1.54, 1.807) is 10.6 Å². The second-order valence-corrected chi connectivity index (χ2v) is 8.95. The normalized spacial score (nSPS) is 15.7. The number of hydrogen-bond acceptors (Lipinski definition) is 2. The zero-order valence-corrected chi connectivity index (χ0v) is 18.5. The van der Waals surface area contributed by atoms with Crippen LogP contribution in [0.1, 0.15) is 29.7 Å². The predicted molar refractivity (Wildman–Crippen MR) is 121 cm³/mol. The number of aliphatic carboxylic acids is 1. The van der Waals surface area contributed by atoms with E-state index in [9.17, 15) is 19.1 Å². The van der Waals surface area contributed by atoms with Gasteiger partial charge in [-0.05, 0) is 89.7 Å². The first-order valence-electron chi connectivity index (χ1n) is 9.96. The van der Waals surface area contributed by atoms with Crippen LogP contribution >= 0.6 is 22.6 Å². The fourth-order valence-electron chi connectivity index (χ4n) is 4.27. The summed E-state index contributed by atoms with van der Waals surface area (Å²) < 4.78 is 16.8. The Morgan fingerprint density at radius 2 is 1.97 bits per heavy atom. The Bertz CT molecular complexity index is 1110. The Hall–Kier alpha value is -2.42. The molecule has 0 aliphatic heterocycles. The minimum absolute atomic E-state index is 0.00227. The van der Waals surface area contributed by atoms with Crippen LogP contribution in [0, 0.1) is 9.39 Å². The molecule has 1 aliphatic carbocycles. The Morgan fingerprint density at radius 1 is 1.20 bits per heavy atom. The topological polar surface area (TPSA) is 71.3 Å². The first kappa shape index (κ1) is 20.8. The van der Waals surface area contributed by atoms with Gasteiger partial charge in [-0.25, -0.2) is 4.39 Å². The van der Waals surface area contributed by atoms with E-state index in [0.717, 1.165) is 37.7 Å². The molecule has 1 aliphatic rings. The number of carboxylic acid groups (broad SMARTS) is 1. The van der Waals surface area contributed by atoms with Crippen LogP contribution in [0.2, 0.25) is 0 Å². The van der Waals surface area contributed by atoms with Gasteiger partial charge in [0.2, 0.25) is 5.91 Å². The number of nitrogens with one attached hydrogen (secondary N) is 1. The lowest BCUT2D eigenvalue weighted by Gasteiger charge is -2.25. The van der Waals surface area contributed by atoms with E-state index in [2.05, 4.69) is 27.9 Å². The third kappa shape index (κ3) is 4.50. The van der Waals surface area contributed by atoms with Crippen molar-refractivity contribution in [3.8, 4) is 0 Å². The largest absolute Gasteiger partial charge is 0.480 e. The number of amides is 1. The van der Waals surface area contributed by atoms with Gasteiger partial charge in [-0.2, -0.15) is 0 Å². The molecular weight excluding hydrogens is 498 g/mol. The average Bonchev–Trinajstić information content (AvgIpc) is 2.99. The zero-order chi connectivity index (χ0) is 21.3. The lowest BCUT2D eigenvalue weighted by molar-refractivity contribution is -0.137. The Balaban J connectivity index is 1.48. The van der Waals surface area contributed by atoms with E-state index in [4.69, 9.17) is 0 Å². The van der Waals surface area contributed by atoms with Crippen LogP contribution in [-0.4, -0.2) is 27.6 Å². The monoisotopic (exact) mass is 520 g/mol. The molecule has 156 valence electrons. The van der Waals surface area contributed by atoms with E-state index in [1.165, 1.54) is 12.1 Å². The number of aryl methyl sites for hydroxylation is 1. The van der Waals surface area contributed by atoms with E-state index < -0.39 is 5.97 Å². The van der Waals surface area contributed by atoms with Crippen molar-refractivity contribution < 1.29 is 19.1 Å². The van der Waals surface area contributed by atoms with Crippen LogP contribution in [0.25, 0.3) is 10.9 Å². The highest BCUT2D eigenvalue weighted by Crippen LogP contribution is 2.33. The van der Waals surface area contributed by atoms with Crippen molar-refractivity contribution in [3.05, 3.63) is 68.7 Å². The third-order valence-electron chi connectivity index (χ3n) is 5.64. The molecule has 0 bridgehead atoms. The average molecular weight is 520 g/mol. The van der Waals surface area contributed by atoms with Crippen molar-refractivity contribution in [2.24, 2.45) is 0 Å². The highest BCUT2D eigenvalue weighted by molar-refractivity contribution is 14.1. The van der Waals surface area contributed by atoms with Gasteiger partial charge in [0.15, 0.2) is 0 Å². The molecule has 1 atom stereocenters. The molecule has 5 nitrogen and oxygen atoms in total. The maximum absolute atomic E-state index is 13.9. The summed E-state index contributed by atoms with van der Waals surface area (Å²) in [4.78, 5) is 23.8. The number of carbonyl (C=O) groups excluding carboxylic acids is 1. The lowest BCUT2D eigenvalue weighted by Crippen LogP contribution is -2.39. The maximum Gasteiger partial charge on any atom is 0.323 e. The summed E-state index contributed by atoms with van der Waals surface area (Å²) in [7, 11) is 0. The summed E-state index contributed by atoms with van der Waals surface area (Å²) >= 11 is 2.25. The minimum atomic E-state index is -0.926. The summed E-state index contributed by atoms with van der Waals surface area (Å²) in [6.45, 7) is -0.148. The molecule has 1 heterocycles. The molecule has 2 N–H and O–H groups in total. The second-order valence-electron chi connectivity index (χ2n) is 7.70. The molecule has 0 radical (unpaired) electrons. The number of carboxylic acids is 1. The van der Waals surface area contributed by atoms with Crippen molar-refractivity contribution in [1.29, 1.82) is 0 Å². The van der Waals surface area contributed by atoms with Crippen LogP contribution in [-0.2, 0) is 35.4 Å². The van der Waals surface area contributed by atoms with Crippen molar-refractivity contribution in [3.63, 3.8) is 0 Å². The number of aromatic nitrogens is 1. The van der Waals surface area contributed by atoms with Crippen LogP contribution in [0.3, 0.4) is 0 Å². The fourth-order valence-corrected chi connectivity index (χ4v) is 4.63. The summed E-state index contributed by atoms with van der Waals surface area (Å²) in [6.07, 6.45) is 3.07. The van der Waals surface area contributed by atoms with Gasteiger partial charge in [0.1, 0.15) is 12.4 Å². The van der Waals surface area contributed by atoms with Crippen LogP contribution in [0.5, 0.6) is 0 Å². The molecule has 4 rings (SSSR count). The molecule has 0 saturated heterocycles. The van der Waals surface area contributed by atoms with Gasteiger partial charge in [0, 0.05) is 32.6 Å². The van der Waals surface area contributed by atoms with Gasteiger partial charge < -0.3 is 15.0 Å². The van der Waals surface area contributed by atoms with Gasteiger partial charge in [-0.1, -0.05) is 12.1 Å². The molecule has 3 aromatic rings. The number of halogens is 2. The highest BCUT2D eigenvalue weighted by atomic mass is 127.